The van der Waals surface area contributed by atoms with Gasteiger partial charge in [-0.25, -0.2) is 9.78 Å². The molecule has 0 aliphatic rings. The molecule has 0 spiro atoms. The largest absolute Gasteiger partial charge is 0.465 e. The van der Waals surface area contributed by atoms with Gasteiger partial charge in [-0.2, -0.15) is 0 Å². The van der Waals surface area contributed by atoms with Gasteiger partial charge in [0, 0.05) is 0 Å². The van der Waals surface area contributed by atoms with Crippen molar-refractivity contribution in [2.24, 2.45) is 0 Å². The minimum absolute atomic E-state index is 0.0120. The van der Waals surface area contributed by atoms with Crippen molar-refractivity contribution in [2.75, 3.05) is 12.8 Å². The Morgan fingerprint density at radius 2 is 2.23 bits per heavy atom. The number of nitrogens with two attached hydrogens (primary N) is 1. The molecule has 0 aliphatic carbocycles. The lowest BCUT2D eigenvalue weighted by atomic mass is 10.2. The molecule has 0 saturated carbocycles. The van der Waals surface area contributed by atoms with Crippen molar-refractivity contribution in [3.05, 3.63) is 21.8 Å². The van der Waals surface area contributed by atoms with Gasteiger partial charge in [-0.1, -0.05) is 23.2 Å². The zero-order valence-corrected chi connectivity index (χ0v) is 8.19. The van der Waals surface area contributed by atoms with Crippen LogP contribution in [0.3, 0.4) is 0 Å². The van der Waals surface area contributed by atoms with E-state index >= 15 is 0 Å². The predicted molar refractivity (Wildman–Crippen MR) is 50.0 cm³/mol. The lowest BCUT2D eigenvalue weighted by molar-refractivity contribution is 0.0601. The van der Waals surface area contributed by atoms with Gasteiger partial charge in [-0.15, -0.1) is 0 Å². The molecule has 0 amide bonds. The number of rotatable bonds is 1. The molecule has 70 valence electrons. The number of nitrogens with zero attached hydrogens (tertiary/aromatic N) is 1. The summed E-state index contributed by atoms with van der Waals surface area (Å²) in [6.07, 6.45) is 0. The van der Waals surface area contributed by atoms with E-state index in [-0.39, 0.29) is 21.6 Å². The van der Waals surface area contributed by atoms with E-state index in [1.807, 2.05) is 0 Å². The van der Waals surface area contributed by atoms with E-state index in [4.69, 9.17) is 28.9 Å². The van der Waals surface area contributed by atoms with E-state index in [9.17, 15) is 4.79 Å². The molecule has 0 radical (unpaired) electrons. The lowest BCUT2D eigenvalue weighted by Crippen LogP contribution is -2.04. The Kier molecular flexibility index (Phi) is 2.95. The summed E-state index contributed by atoms with van der Waals surface area (Å²) in [7, 11) is 1.24. The first-order valence-corrected chi connectivity index (χ1v) is 4.01. The van der Waals surface area contributed by atoms with E-state index in [1.165, 1.54) is 13.2 Å². The van der Waals surface area contributed by atoms with Crippen molar-refractivity contribution >= 4 is 35.0 Å². The number of aromatic nitrogens is 1. The third kappa shape index (κ3) is 2.02. The summed E-state index contributed by atoms with van der Waals surface area (Å²) in [5.74, 6) is -0.476. The first-order chi connectivity index (χ1) is 6.06. The van der Waals surface area contributed by atoms with Crippen molar-refractivity contribution in [3.8, 4) is 0 Å². The van der Waals surface area contributed by atoms with Gasteiger partial charge in [0.15, 0.2) is 5.15 Å². The van der Waals surface area contributed by atoms with Gasteiger partial charge in [0.25, 0.3) is 0 Å². The zero-order valence-electron chi connectivity index (χ0n) is 6.67. The second-order valence-corrected chi connectivity index (χ2v) is 2.93. The first-order valence-electron chi connectivity index (χ1n) is 3.26. The molecule has 1 rings (SSSR count). The number of hydrogen-bond donors (Lipinski definition) is 1. The normalized spacial score (nSPS) is 9.77. The van der Waals surface area contributed by atoms with E-state index in [0.29, 0.717) is 0 Å². The van der Waals surface area contributed by atoms with Crippen molar-refractivity contribution in [1.29, 1.82) is 0 Å². The number of pyridine rings is 1. The summed E-state index contributed by atoms with van der Waals surface area (Å²) in [6, 6.07) is 1.31. The summed E-state index contributed by atoms with van der Waals surface area (Å²) in [6.45, 7) is 0. The van der Waals surface area contributed by atoms with E-state index in [1.54, 1.807) is 0 Å². The SMILES string of the molecule is COC(=O)c1cc(N)nc(Cl)c1Cl. The highest BCUT2D eigenvalue weighted by Gasteiger charge is 2.15. The fourth-order valence-electron chi connectivity index (χ4n) is 0.776. The molecule has 0 unspecified atom stereocenters. The number of methoxy groups -OCH3 is 1. The van der Waals surface area contributed by atoms with Gasteiger partial charge in [-0.05, 0) is 6.07 Å². The van der Waals surface area contributed by atoms with Crippen LogP contribution in [-0.4, -0.2) is 18.1 Å². The number of carbonyl (C=O) groups is 1. The van der Waals surface area contributed by atoms with E-state index in [2.05, 4.69) is 9.72 Å². The topological polar surface area (TPSA) is 65.2 Å². The van der Waals surface area contributed by atoms with Crippen LogP contribution in [0.25, 0.3) is 0 Å². The fraction of sp³-hybridized carbons (Fsp3) is 0.143. The van der Waals surface area contributed by atoms with Crippen molar-refractivity contribution < 1.29 is 9.53 Å². The van der Waals surface area contributed by atoms with Crippen LogP contribution in [0.1, 0.15) is 10.4 Å². The molecule has 13 heavy (non-hydrogen) atoms. The molecule has 0 saturated heterocycles. The summed E-state index contributed by atoms with van der Waals surface area (Å²) in [5.41, 5.74) is 5.47. The molecule has 0 aromatic carbocycles. The van der Waals surface area contributed by atoms with Crippen LogP contribution >= 0.6 is 23.2 Å². The molecule has 4 nitrogen and oxygen atoms in total. The van der Waals surface area contributed by atoms with Crippen LogP contribution in [0.5, 0.6) is 0 Å². The van der Waals surface area contributed by atoms with Gasteiger partial charge in [-0.3, -0.25) is 0 Å². The summed E-state index contributed by atoms with van der Waals surface area (Å²) in [5, 5.41) is 0.0322. The Morgan fingerprint density at radius 3 is 2.77 bits per heavy atom. The average Bonchev–Trinajstić information content (AvgIpc) is 2.10. The molecule has 0 atom stereocenters. The third-order valence-corrected chi connectivity index (χ3v) is 2.10. The second kappa shape index (κ2) is 3.81. The summed E-state index contributed by atoms with van der Waals surface area (Å²) in [4.78, 5) is 14.7. The average molecular weight is 221 g/mol. The van der Waals surface area contributed by atoms with Crippen LogP contribution in [-0.2, 0) is 4.74 Å². The minimum Gasteiger partial charge on any atom is -0.465 e. The molecule has 1 aromatic rings. The van der Waals surface area contributed by atoms with Crippen molar-refractivity contribution in [3.63, 3.8) is 0 Å². The van der Waals surface area contributed by atoms with Crippen LogP contribution in [0, 0.1) is 0 Å². The van der Waals surface area contributed by atoms with Crippen LogP contribution in [0.2, 0.25) is 10.2 Å². The monoisotopic (exact) mass is 220 g/mol. The Labute approximate surface area is 84.6 Å². The Bertz CT molecular complexity index is 355. The zero-order chi connectivity index (χ0) is 10.0. The molecule has 0 aliphatic heterocycles. The number of esters is 1. The molecule has 1 aromatic heterocycles. The fourth-order valence-corrected chi connectivity index (χ4v) is 1.15. The van der Waals surface area contributed by atoms with Crippen LogP contribution < -0.4 is 5.73 Å². The number of halogens is 2. The number of ether oxygens (including phenoxy) is 1. The smallest absolute Gasteiger partial charge is 0.339 e. The van der Waals surface area contributed by atoms with Gasteiger partial charge in [0.05, 0.1) is 17.7 Å². The van der Waals surface area contributed by atoms with Crippen LogP contribution in [0.15, 0.2) is 6.07 Å². The quantitative estimate of drug-likeness (QED) is 0.579. The highest BCUT2D eigenvalue weighted by Crippen LogP contribution is 2.26. The molecule has 1 heterocycles. The van der Waals surface area contributed by atoms with Crippen molar-refractivity contribution in [2.45, 2.75) is 0 Å². The number of nitrogen functional groups attached to an aromatic ring is 1. The summed E-state index contributed by atoms with van der Waals surface area (Å²) >= 11 is 11.3. The number of hydrogen-bond acceptors (Lipinski definition) is 4. The highest BCUT2D eigenvalue weighted by molar-refractivity contribution is 6.43. The maximum absolute atomic E-state index is 11.1. The molecule has 0 fully saturated rings. The molecule has 2 N–H and O–H groups in total. The van der Waals surface area contributed by atoms with Gasteiger partial charge in [0.1, 0.15) is 5.82 Å². The lowest BCUT2D eigenvalue weighted by Gasteiger charge is -2.03. The number of carbonyl (C=O) groups excluding carboxylic acids is 1. The second-order valence-electron chi connectivity index (χ2n) is 2.19. The summed E-state index contributed by atoms with van der Waals surface area (Å²) < 4.78 is 4.46. The standard InChI is InChI=1S/C7H6Cl2N2O2/c1-13-7(12)3-2-4(10)11-6(9)5(3)8/h2H,1H3,(H2,10,11). The third-order valence-electron chi connectivity index (χ3n) is 1.34. The van der Waals surface area contributed by atoms with Gasteiger partial charge >= 0.3 is 5.97 Å². The first kappa shape index (κ1) is 10.1. The van der Waals surface area contributed by atoms with Gasteiger partial charge in [0.2, 0.25) is 0 Å². The van der Waals surface area contributed by atoms with Gasteiger partial charge < -0.3 is 10.5 Å². The van der Waals surface area contributed by atoms with Crippen LogP contribution in [0.4, 0.5) is 5.82 Å². The predicted octanol–water partition coefficient (Wildman–Crippen LogP) is 1.76. The highest BCUT2D eigenvalue weighted by atomic mass is 35.5. The maximum atomic E-state index is 11.1. The molecule has 6 heteroatoms. The van der Waals surface area contributed by atoms with E-state index < -0.39 is 5.97 Å². The Hall–Kier alpha value is -1.00. The minimum atomic E-state index is -0.596. The molecular formula is C7H6Cl2N2O2. The van der Waals surface area contributed by atoms with E-state index in [0.717, 1.165) is 0 Å². The molecular weight excluding hydrogens is 215 g/mol. The maximum Gasteiger partial charge on any atom is 0.339 e. The van der Waals surface area contributed by atoms with Crippen molar-refractivity contribution in [1.82, 2.24) is 4.98 Å². The Balaban J connectivity index is 3.28. The molecule has 0 bridgehead atoms. The number of anilines is 1. The Morgan fingerprint density at radius 1 is 1.62 bits per heavy atom.